The summed E-state index contributed by atoms with van der Waals surface area (Å²) in [5.41, 5.74) is 1.71. The van der Waals surface area contributed by atoms with Crippen molar-refractivity contribution in [2.75, 3.05) is 0 Å². The Bertz CT molecular complexity index is 556. The Hall–Kier alpha value is -1.55. The van der Waals surface area contributed by atoms with Gasteiger partial charge in [-0.2, -0.15) is 0 Å². The standard InChI is InChI=1S/C15H20ClN3O/c1-4-11(3)20-13-8-6-7-12(9-13)19-10-15(17-18-19)14(16)5-2/h6-11,14H,4-5H2,1-3H3. The molecule has 2 rings (SSSR count). The largest absolute Gasteiger partial charge is 0.491 e. The predicted molar refractivity (Wildman–Crippen MR) is 80.6 cm³/mol. The van der Waals surface area contributed by atoms with Crippen LogP contribution in [-0.2, 0) is 0 Å². The molecule has 5 heteroatoms. The Morgan fingerprint density at radius 3 is 2.80 bits per heavy atom. The van der Waals surface area contributed by atoms with Crippen LogP contribution in [-0.4, -0.2) is 21.1 Å². The van der Waals surface area contributed by atoms with E-state index in [2.05, 4.69) is 24.2 Å². The van der Waals surface area contributed by atoms with Gasteiger partial charge < -0.3 is 4.74 Å². The molecule has 1 heterocycles. The van der Waals surface area contributed by atoms with Gasteiger partial charge in [0.05, 0.1) is 23.4 Å². The van der Waals surface area contributed by atoms with Crippen LogP contribution in [0.4, 0.5) is 0 Å². The fourth-order valence-corrected chi connectivity index (χ4v) is 1.87. The highest BCUT2D eigenvalue weighted by molar-refractivity contribution is 6.20. The minimum Gasteiger partial charge on any atom is -0.491 e. The quantitative estimate of drug-likeness (QED) is 0.752. The summed E-state index contributed by atoms with van der Waals surface area (Å²) in [6.45, 7) is 6.18. The fourth-order valence-electron chi connectivity index (χ4n) is 1.77. The zero-order valence-corrected chi connectivity index (χ0v) is 12.8. The van der Waals surface area contributed by atoms with Gasteiger partial charge in [0.2, 0.25) is 0 Å². The zero-order chi connectivity index (χ0) is 14.5. The van der Waals surface area contributed by atoms with Gasteiger partial charge in [-0.25, -0.2) is 4.68 Å². The first-order valence-corrected chi connectivity index (χ1v) is 7.41. The van der Waals surface area contributed by atoms with Crippen LogP contribution in [0.15, 0.2) is 30.5 Å². The lowest BCUT2D eigenvalue weighted by Crippen LogP contribution is -2.09. The summed E-state index contributed by atoms with van der Waals surface area (Å²) >= 11 is 6.17. The zero-order valence-electron chi connectivity index (χ0n) is 12.1. The second kappa shape index (κ2) is 6.75. The number of hydrogen-bond acceptors (Lipinski definition) is 3. The minimum absolute atomic E-state index is 0.0942. The Morgan fingerprint density at radius 2 is 2.10 bits per heavy atom. The van der Waals surface area contributed by atoms with Crippen molar-refractivity contribution in [3.8, 4) is 11.4 Å². The minimum atomic E-state index is -0.0942. The molecule has 0 bridgehead atoms. The van der Waals surface area contributed by atoms with Crippen molar-refractivity contribution < 1.29 is 4.74 Å². The number of halogens is 1. The van der Waals surface area contributed by atoms with Crippen LogP contribution >= 0.6 is 11.6 Å². The molecule has 0 aliphatic carbocycles. The fraction of sp³-hybridized carbons (Fsp3) is 0.467. The maximum absolute atomic E-state index is 6.17. The molecule has 0 aliphatic rings. The summed E-state index contributed by atoms with van der Waals surface area (Å²) in [6, 6.07) is 7.83. The topological polar surface area (TPSA) is 39.9 Å². The van der Waals surface area contributed by atoms with Gasteiger partial charge in [-0.15, -0.1) is 16.7 Å². The predicted octanol–water partition coefficient (Wildman–Crippen LogP) is 4.13. The van der Waals surface area contributed by atoms with E-state index >= 15 is 0 Å². The lowest BCUT2D eigenvalue weighted by Gasteiger charge is -2.13. The monoisotopic (exact) mass is 293 g/mol. The van der Waals surface area contributed by atoms with Crippen LogP contribution in [0.3, 0.4) is 0 Å². The van der Waals surface area contributed by atoms with Crippen molar-refractivity contribution in [3.63, 3.8) is 0 Å². The normalized spacial score (nSPS) is 14.0. The number of aromatic nitrogens is 3. The van der Waals surface area contributed by atoms with Gasteiger partial charge in [-0.3, -0.25) is 0 Å². The molecule has 0 N–H and O–H groups in total. The summed E-state index contributed by atoms with van der Waals surface area (Å²) < 4.78 is 7.54. The number of ether oxygens (including phenoxy) is 1. The summed E-state index contributed by atoms with van der Waals surface area (Å²) in [4.78, 5) is 0. The van der Waals surface area contributed by atoms with Gasteiger partial charge in [0.1, 0.15) is 11.4 Å². The van der Waals surface area contributed by atoms with E-state index in [9.17, 15) is 0 Å². The number of nitrogens with zero attached hydrogens (tertiary/aromatic N) is 3. The van der Waals surface area contributed by atoms with Gasteiger partial charge in [-0.1, -0.05) is 25.1 Å². The maximum atomic E-state index is 6.17. The van der Waals surface area contributed by atoms with Gasteiger partial charge in [0, 0.05) is 6.07 Å². The second-order valence-electron chi connectivity index (χ2n) is 4.80. The lowest BCUT2D eigenvalue weighted by atomic mass is 10.2. The average molecular weight is 294 g/mol. The Kier molecular flexibility index (Phi) is 5.01. The van der Waals surface area contributed by atoms with Crippen LogP contribution in [0, 0.1) is 0 Å². The molecule has 0 saturated heterocycles. The van der Waals surface area contributed by atoms with Crippen molar-refractivity contribution in [3.05, 3.63) is 36.2 Å². The Morgan fingerprint density at radius 1 is 1.30 bits per heavy atom. The third kappa shape index (κ3) is 3.51. The highest BCUT2D eigenvalue weighted by atomic mass is 35.5. The van der Waals surface area contributed by atoms with Crippen molar-refractivity contribution in [2.24, 2.45) is 0 Å². The molecular weight excluding hydrogens is 274 g/mol. The van der Waals surface area contributed by atoms with Crippen molar-refractivity contribution in [1.29, 1.82) is 0 Å². The van der Waals surface area contributed by atoms with Gasteiger partial charge in [0.25, 0.3) is 0 Å². The molecule has 4 nitrogen and oxygen atoms in total. The first-order valence-electron chi connectivity index (χ1n) is 6.97. The van der Waals surface area contributed by atoms with Crippen LogP contribution in [0.25, 0.3) is 5.69 Å². The molecule has 2 atom stereocenters. The summed E-state index contributed by atoms with van der Waals surface area (Å²) in [5, 5.41) is 8.14. The van der Waals surface area contributed by atoms with Gasteiger partial charge >= 0.3 is 0 Å². The Labute approximate surface area is 124 Å². The van der Waals surface area contributed by atoms with Crippen molar-refractivity contribution >= 4 is 11.6 Å². The molecule has 0 fully saturated rings. The molecule has 20 heavy (non-hydrogen) atoms. The highest BCUT2D eigenvalue weighted by Crippen LogP contribution is 2.23. The Balaban J connectivity index is 2.20. The van der Waals surface area contributed by atoms with Crippen LogP contribution in [0.2, 0.25) is 0 Å². The SMILES string of the molecule is CCC(C)Oc1cccc(-n2cc(C(Cl)CC)nn2)c1. The number of benzene rings is 1. The molecule has 108 valence electrons. The number of rotatable bonds is 6. The molecule has 0 spiro atoms. The molecule has 2 aromatic rings. The molecule has 1 aromatic heterocycles. The first kappa shape index (κ1) is 14.9. The smallest absolute Gasteiger partial charge is 0.121 e. The van der Waals surface area contributed by atoms with Gasteiger partial charge in [0.15, 0.2) is 0 Å². The number of alkyl halides is 1. The van der Waals surface area contributed by atoms with Gasteiger partial charge in [-0.05, 0) is 31.9 Å². The summed E-state index contributed by atoms with van der Waals surface area (Å²) in [7, 11) is 0. The summed E-state index contributed by atoms with van der Waals surface area (Å²) in [5.74, 6) is 0.840. The van der Waals surface area contributed by atoms with E-state index in [1.54, 1.807) is 4.68 Å². The van der Waals surface area contributed by atoms with Crippen LogP contribution in [0.1, 0.15) is 44.7 Å². The number of hydrogen-bond donors (Lipinski definition) is 0. The first-order chi connectivity index (χ1) is 9.63. The lowest BCUT2D eigenvalue weighted by molar-refractivity contribution is 0.217. The third-order valence-corrected chi connectivity index (χ3v) is 3.72. The maximum Gasteiger partial charge on any atom is 0.121 e. The molecular formula is C15H20ClN3O. The van der Waals surface area contributed by atoms with Crippen molar-refractivity contribution in [2.45, 2.75) is 45.1 Å². The van der Waals surface area contributed by atoms with E-state index in [4.69, 9.17) is 16.3 Å². The molecule has 0 amide bonds. The van der Waals surface area contributed by atoms with E-state index in [0.29, 0.717) is 0 Å². The van der Waals surface area contributed by atoms with E-state index in [1.165, 1.54) is 0 Å². The highest BCUT2D eigenvalue weighted by Gasteiger charge is 2.11. The third-order valence-electron chi connectivity index (χ3n) is 3.18. The molecule has 0 aliphatic heterocycles. The summed E-state index contributed by atoms with van der Waals surface area (Å²) in [6.07, 6.45) is 3.87. The molecule has 1 aromatic carbocycles. The molecule has 2 unspecified atom stereocenters. The second-order valence-corrected chi connectivity index (χ2v) is 5.32. The van der Waals surface area contributed by atoms with E-state index in [1.807, 2.05) is 37.4 Å². The van der Waals surface area contributed by atoms with E-state index in [-0.39, 0.29) is 11.5 Å². The van der Waals surface area contributed by atoms with Crippen molar-refractivity contribution in [1.82, 2.24) is 15.0 Å². The van der Waals surface area contributed by atoms with Crippen LogP contribution in [0.5, 0.6) is 5.75 Å². The van der Waals surface area contributed by atoms with Crippen LogP contribution < -0.4 is 4.74 Å². The van der Waals surface area contributed by atoms with E-state index in [0.717, 1.165) is 30.0 Å². The van der Waals surface area contributed by atoms with E-state index < -0.39 is 0 Å². The molecule has 0 saturated carbocycles. The molecule has 0 radical (unpaired) electrons. The average Bonchev–Trinajstić information content (AvgIpc) is 2.96.